The fraction of sp³-hybridized carbons (Fsp3) is 0.909. The number of carbonyl (C=O) groups excluding carboxylic acids is 2. The van der Waals surface area contributed by atoms with Crippen molar-refractivity contribution in [2.75, 3.05) is 53.0 Å². The highest BCUT2D eigenvalue weighted by molar-refractivity contribution is 5.78. The van der Waals surface area contributed by atoms with E-state index in [1.165, 1.54) is 25.7 Å². The number of likely N-dealkylation sites (tertiary alicyclic amines) is 3. The molecule has 0 aromatic rings. The molecule has 4 aliphatic rings. The van der Waals surface area contributed by atoms with E-state index in [2.05, 4.69) is 9.80 Å². The van der Waals surface area contributed by atoms with Crippen LogP contribution in [-0.4, -0.2) is 91.8 Å². The van der Waals surface area contributed by atoms with Gasteiger partial charge >= 0.3 is 6.09 Å². The summed E-state index contributed by atoms with van der Waals surface area (Å²) in [6, 6.07) is 1.09. The molecule has 0 N–H and O–H groups in total. The first-order valence-corrected chi connectivity index (χ1v) is 11.5. The van der Waals surface area contributed by atoms with Crippen molar-refractivity contribution in [1.29, 1.82) is 0 Å². The summed E-state index contributed by atoms with van der Waals surface area (Å²) in [6.45, 7) is 7.45. The molecule has 2 amide bonds. The van der Waals surface area contributed by atoms with E-state index in [4.69, 9.17) is 9.47 Å². The number of nitrogens with zero attached hydrogens (tertiary/aromatic N) is 3. The molecule has 3 saturated heterocycles. The van der Waals surface area contributed by atoms with Crippen LogP contribution in [0.5, 0.6) is 0 Å². The third-order valence-electron chi connectivity index (χ3n) is 7.82. The van der Waals surface area contributed by atoms with Gasteiger partial charge in [0, 0.05) is 38.8 Å². The summed E-state index contributed by atoms with van der Waals surface area (Å²) in [5.41, 5.74) is 0.336. The van der Waals surface area contributed by atoms with Crippen molar-refractivity contribution in [2.24, 2.45) is 11.3 Å². The zero-order valence-corrected chi connectivity index (χ0v) is 18.1. The largest absolute Gasteiger partial charge is 0.450 e. The summed E-state index contributed by atoms with van der Waals surface area (Å²) in [5, 5.41) is 0. The summed E-state index contributed by atoms with van der Waals surface area (Å²) in [4.78, 5) is 31.0. The lowest BCUT2D eigenvalue weighted by atomic mass is 9.64. The van der Waals surface area contributed by atoms with Crippen molar-refractivity contribution < 1.29 is 19.1 Å². The fourth-order valence-electron chi connectivity index (χ4n) is 6.31. The molecular formula is C22H37N3O4. The van der Waals surface area contributed by atoms with Gasteiger partial charge in [-0.2, -0.15) is 0 Å². The molecule has 7 heteroatoms. The highest BCUT2D eigenvalue weighted by Gasteiger charge is 2.51. The van der Waals surface area contributed by atoms with E-state index < -0.39 is 0 Å². The second-order valence-corrected chi connectivity index (χ2v) is 9.54. The first-order valence-electron chi connectivity index (χ1n) is 11.5. The normalized spacial score (nSPS) is 33.3. The van der Waals surface area contributed by atoms with Crippen molar-refractivity contribution in [3.8, 4) is 0 Å². The molecule has 1 aliphatic carbocycles. The van der Waals surface area contributed by atoms with E-state index in [0.29, 0.717) is 30.0 Å². The average Bonchev–Trinajstić information content (AvgIpc) is 3.35. The number of ether oxygens (including phenoxy) is 2. The minimum atomic E-state index is -0.141. The van der Waals surface area contributed by atoms with Crippen LogP contribution >= 0.6 is 0 Å². The van der Waals surface area contributed by atoms with E-state index in [0.717, 1.165) is 52.0 Å². The Morgan fingerprint density at radius 3 is 2.52 bits per heavy atom. The minimum Gasteiger partial charge on any atom is -0.450 e. The second kappa shape index (κ2) is 8.80. The SMILES string of the molecule is CCOC(=O)N1CCC2(CC(N3CCC(C4CCCN4C(=O)COC)CC3)C2)C1. The molecule has 7 nitrogen and oxygen atoms in total. The lowest BCUT2D eigenvalue weighted by molar-refractivity contribution is -0.137. The number of piperidine rings is 1. The van der Waals surface area contributed by atoms with Gasteiger partial charge in [-0.3, -0.25) is 4.79 Å². The van der Waals surface area contributed by atoms with Crippen LogP contribution in [0.4, 0.5) is 4.79 Å². The Morgan fingerprint density at radius 2 is 1.83 bits per heavy atom. The monoisotopic (exact) mass is 407 g/mol. The number of amides is 2. The summed E-state index contributed by atoms with van der Waals surface area (Å²) in [5.74, 6) is 0.792. The molecule has 4 fully saturated rings. The summed E-state index contributed by atoms with van der Waals surface area (Å²) < 4.78 is 10.2. The maximum absolute atomic E-state index is 12.3. The van der Waals surface area contributed by atoms with Gasteiger partial charge in [0.1, 0.15) is 6.61 Å². The zero-order valence-electron chi connectivity index (χ0n) is 18.1. The molecule has 1 saturated carbocycles. The number of hydrogen-bond donors (Lipinski definition) is 0. The van der Waals surface area contributed by atoms with Crippen molar-refractivity contribution in [1.82, 2.24) is 14.7 Å². The standard InChI is InChI=1S/C22H37N3O4/c1-3-29-21(27)24-12-8-22(16-24)13-18(14-22)23-10-6-17(7-11-23)19-5-4-9-25(19)20(26)15-28-2/h17-19H,3-16H2,1-2H3. The Hall–Kier alpha value is -1.34. The van der Waals surface area contributed by atoms with Crippen LogP contribution in [0.3, 0.4) is 0 Å². The van der Waals surface area contributed by atoms with Crippen LogP contribution < -0.4 is 0 Å². The van der Waals surface area contributed by atoms with E-state index in [1.54, 1.807) is 7.11 Å². The molecule has 4 rings (SSSR count). The van der Waals surface area contributed by atoms with Crippen LogP contribution in [-0.2, 0) is 14.3 Å². The zero-order chi connectivity index (χ0) is 20.4. The quantitative estimate of drug-likeness (QED) is 0.700. The topological polar surface area (TPSA) is 62.3 Å². The Kier molecular flexibility index (Phi) is 6.35. The fourth-order valence-corrected chi connectivity index (χ4v) is 6.31. The van der Waals surface area contributed by atoms with Crippen LogP contribution in [0.15, 0.2) is 0 Å². The Morgan fingerprint density at radius 1 is 1.07 bits per heavy atom. The highest BCUT2D eigenvalue weighted by atomic mass is 16.6. The van der Waals surface area contributed by atoms with Gasteiger partial charge in [-0.15, -0.1) is 0 Å². The molecule has 0 aromatic carbocycles. The second-order valence-electron chi connectivity index (χ2n) is 9.54. The van der Waals surface area contributed by atoms with Gasteiger partial charge in [-0.05, 0) is 76.3 Å². The summed E-state index contributed by atoms with van der Waals surface area (Å²) in [6.07, 6.45) is 8.08. The van der Waals surface area contributed by atoms with Gasteiger partial charge in [-0.25, -0.2) is 4.79 Å². The van der Waals surface area contributed by atoms with Crippen LogP contribution in [0.1, 0.15) is 51.9 Å². The van der Waals surface area contributed by atoms with Gasteiger partial charge in [-0.1, -0.05) is 0 Å². The molecular weight excluding hydrogens is 370 g/mol. The third kappa shape index (κ3) is 4.26. The number of methoxy groups -OCH3 is 1. The molecule has 0 radical (unpaired) electrons. The average molecular weight is 408 g/mol. The van der Waals surface area contributed by atoms with Gasteiger partial charge in [0.15, 0.2) is 0 Å². The van der Waals surface area contributed by atoms with Crippen LogP contribution in [0.2, 0.25) is 0 Å². The number of carbonyl (C=O) groups is 2. The number of rotatable bonds is 5. The smallest absolute Gasteiger partial charge is 0.409 e. The first-order chi connectivity index (χ1) is 14.0. The highest BCUT2D eigenvalue weighted by Crippen LogP contribution is 2.51. The molecule has 1 unspecified atom stereocenters. The third-order valence-corrected chi connectivity index (χ3v) is 7.82. The van der Waals surface area contributed by atoms with E-state index >= 15 is 0 Å². The lowest BCUT2D eigenvalue weighted by Crippen LogP contribution is -2.55. The van der Waals surface area contributed by atoms with E-state index in [-0.39, 0.29) is 18.6 Å². The maximum Gasteiger partial charge on any atom is 0.409 e. The molecule has 0 aromatic heterocycles. The molecule has 3 heterocycles. The number of hydrogen-bond acceptors (Lipinski definition) is 5. The molecule has 1 atom stereocenters. The predicted molar refractivity (Wildman–Crippen MR) is 110 cm³/mol. The van der Waals surface area contributed by atoms with Gasteiger partial charge in [0.2, 0.25) is 5.91 Å². The van der Waals surface area contributed by atoms with E-state index in [1.807, 2.05) is 11.8 Å². The maximum atomic E-state index is 12.3. The molecule has 3 aliphatic heterocycles. The molecule has 29 heavy (non-hydrogen) atoms. The van der Waals surface area contributed by atoms with Gasteiger partial charge < -0.3 is 24.2 Å². The Labute approximate surface area is 174 Å². The summed E-state index contributed by atoms with van der Waals surface area (Å²) in [7, 11) is 1.60. The first kappa shape index (κ1) is 20.9. The molecule has 0 bridgehead atoms. The Bertz CT molecular complexity index is 599. The summed E-state index contributed by atoms with van der Waals surface area (Å²) >= 11 is 0. The van der Waals surface area contributed by atoms with Crippen molar-refractivity contribution in [3.63, 3.8) is 0 Å². The van der Waals surface area contributed by atoms with Gasteiger partial charge in [0.25, 0.3) is 0 Å². The van der Waals surface area contributed by atoms with Crippen molar-refractivity contribution in [3.05, 3.63) is 0 Å². The van der Waals surface area contributed by atoms with E-state index in [9.17, 15) is 9.59 Å². The predicted octanol–water partition coefficient (Wildman–Crippen LogP) is 2.35. The molecule has 1 spiro atoms. The molecule has 164 valence electrons. The lowest BCUT2D eigenvalue weighted by Gasteiger charge is -2.52. The Balaban J connectivity index is 1.22. The minimum absolute atomic E-state index is 0.141. The van der Waals surface area contributed by atoms with Gasteiger partial charge in [0.05, 0.1) is 6.61 Å². The van der Waals surface area contributed by atoms with Crippen LogP contribution in [0.25, 0.3) is 0 Å². The van der Waals surface area contributed by atoms with Crippen molar-refractivity contribution in [2.45, 2.75) is 64.0 Å². The van der Waals surface area contributed by atoms with Crippen molar-refractivity contribution >= 4 is 12.0 Å². The van der Waals surface area contributed by atoms with Crippen LogP contribution in [0, 0.1) is 11.3 Å².